The van der Waals surface area contributed by atoms with Crippen LogP contribution in [0, 0.1) is 6.92 Å². The smallest absolute Gasteiger partial charge is 0.267 e. The minimum Gasteiger partial charge on any atom is -0.353 e. The second-order valence-electron chi connectivity index (χ2n) is 10.2. The van der Waals surface area contributed by atoms with E-state index < -0.39 is 0 Å². The van der Waals surface area contributed by atoms with Gasteiger partial charge in [0, 0.05) is 43.9 Å². The molecule has 7 nitrogen and oxygen atoms in total. The maximum Gasteiger partial charge on any atom is 0.267 e. The van der Waals surface area contributed by atoms with Gasteiger partial charge in [-0.15, -0.1) is 0 Å². The molecule has 2 aromatic heterocycles. The molecule has 0 aliphatic carbocycles. The first-order valence-corrected chi connectivity index (χ1v) is 15.0. The Hall–Kier alpha value is -3.50. The number of aromatic nitrogens is 2. The van der Waals surface area contributed by atoms with Crippen molar-refractivity contribution in [2.45, 2.75) is 20.0 Å². The Balaban J connectivity index is 1.32. The van der Waals surface area contributed by atoms with Gasteiger partial charge < -0.3 is 4.90 Å². The minimum atomic E-state index is -0.243. The molecule has 0 saturated carbocycles. The number of thiocarbonyl (C=S) groups is 1. The average molecular weight is 602 g/mol. The van der Waals surface area contributed by atoms with Crippen LogP contribution in [-0.2, 0) is 17.9 Å². The fourth-order valence-electron chi connectivity index (χ4n) is 5.14. The lowest BCUT2D eigenvalue weighted by Crippen LogP contribution is -2.47. The van der Waals surface area contributed by atoms with Gasteiger partial charge in [-0.05, 0) is 41.8 Å². The monoisotopic (exact) mass is 601 g/mol. The van der Waals surface area contributed by atoms with Crippen LogP contribution in [0.2, 0.25) is 5.02 Å². The number of halogens is 1. The highest BCUT2D eigenvalue weighted by Crippen LogP contribution is 2.35. The fraction of sp³-hybridized carbons (Fsp3) is 0.226. The van der Waals surface area contributed by atoms with Gasteiger partial charge in [0.1, 0.15) is 15.8 Å². The molecule has 2 fully saturated rings. The van der Waals surface area contributed by atoms with E-state index in [-0.39, 0.29) is 18.0 Å². The third kappa shape index (κ3) is 5.81. The van der Waals surface area contributed by atoms with Gasteiger partial charge in [0.15, 0.2) is 0 Å². The molecule has 10 heteroatoms. The number of carbonyl (C=O) groups excluding carboxylic acids is 1. The largest absolute Gasteiger partial charge is 0.353 e. The van der Waals surface area contributed by atoms with Crippen molar-refractivity contribution >= 4 is 63.3 Å². The predicted molar refractivity (Wildman–Crippen MR) is 170 cm³/mol. The van der Waals surface area contributed by atoms with E-state index in [0.29, 0.717) is 31.3 Å². The fourth-order valence-corrected chi connectivity index (χ4v) is 6.57. The average Bonchev–Trinajstić information content (AvgIpc) is 3.24. The molecule has 41 heavy (non-hydrogen) atoms. The Morgan fingerprint density at radius 3 is 2.44 bits per heavy atom. The third-order valence-corrected chi connectivity index (χ3v) is 9.09. The van der Waals surface area contributed by atoms with Crippen molar-refractivity contribution in [1.82, 2.24) is 19.2 Å². The Kier molecular flexibility index (Phi) is 7.94. The molecule has 4 heterocycles. The van der Waals surface area contributed by atoms with Crippen LogP contribution in [0.15, 0.2) is 82.6 Å². The Labute approximate surface area is 253 Å². The van der Waals surface area contributed by atoms with Crippen molar-refractivity contribution < 1.29 is 4.79 Å². The summed E-state index contributed by atoms with van der Waals surface area (Å²) in [6.07, 6.45) is 3.45. The summed E-state index contributed by atoms with van der Waals surface area (Å²) in [5.74, 6) is 0.349. The molecule has 0 spiro atoms. The number of piperazine rings is 1. The standard InChI is InChI=1S/C31H28ClN5O2S2/c1-21-11-12-27-33-28(35-15-13-34(14-16-35)19-22-7-3-2-4-8-22)24(29(38)36(27)18-21)17-26-30(39)37(31(40)41-26)20-23-9-5-6-10-25(23)32/h2-12,17-18H,13-16,19-20H2,1H3. The molecule has 0 N–H and O–H groups in total. The van der Waals surface area contributed by atoms with Gasteiger partial charge in [-0.3, -0.25) is 23.8 Å². The van der Waals surface area contributed by atoms with Crippen LogP contribution in [-0.4, -0.2) is 55.6 Å². The summed E-state index contributed by atoms with van der Waals surface area (Å²) < 4.78 is 1.99. The zero-order chi connectivity index (χ0) is 28.5. The maximum absolute atomic E-state index is 13.9. The summed E-state index contributed by atoms with van der Waals surface area (Å²) >= 11 is 13.1. The van der Waals surface area contributed by atoms with Gasteiger partial charge in [-0.2, -0.15) is 0 Å². The lowest BCUT2D eigenvalue weighted by Gasteiger charge is -2.36. The van der Waals surface area contributed by atoms with E-state index in [1.54, 1.807) is 22.7 Å². The molecule has 0 unspecified atom stereocenters. The topological polar surface area (TPSA) is 61.2 Å². The predicted octanol–water partition coefficient (Wildman–Crippen LogP) is 5.38. The lowest BCUT2D eigenvalue weighted by molar-refractivity contribution is -0.122. The molecular formula is C31H28ClN5O2S2. The van der Waals surface area contributed by atoms with Crippen molar-refractivity contribution in [2.75, 3.05) is 31.1 Å². The van der Waals surface area contributed by atoms with E-state index >= 15 is 0 Å². The summed E-state index contributed by atoms with van der Waals surface area (Å²) in [6, 6.07) is 21.6. The van der Waals surface area contributed by atoms with Gasteiger partial charge in [-0.1, -0.05) is 90.2 Å². The molecule has 208 valence electrons. The van der Waals surface area contributed by atoms with Crippen LogP contribution < -0.4 is 10.5 Å². The molecule has 2 aliphatic heterocycles. The number of hydrogen-bond acceptors (Lipinski definition) is 7. The van der Waals surface area contributed by atoms with E-state index in [9.17, 15) is 9.59 Å². The van der Waals surface area contributed by atoms with E-state index in [4.69, 9.17) is 28.8 Å². The molecule has 2 aromatic carbocycles. The maximum atomic E-state index is 13.9. The molecule has 2 saturated heterocycles. The van der Waals surface area contributed by atoms with Gasteiger partial charge in [0.2, 0.25) is 0 Å². The zero-order valence-corrected chi connectivity index (χ0v) is 24.9. The number of hydrogen-bond donors (Lipinski definition) is 0. The van der Waals surface area contributed by atoms with E-state index in [2.05, 4.69) is 34.1 Å². The number of benzene rings is 2. The normalized spacial score (nSPS) is 17.3. The molecule has 2 aliphatic rings. The Morgan fingerprint density at radius 2 is 1.68 bits per heavy atom. The highest BCUT2D eigenvalue weighted by molar-refractivity contribution is 8.26. The highest BCUT2D eigenvalue weighted by Gasteiger charge is 2.33. The third-order valence-electron chi connectivity index (χ3n) is 7.34. The van der Waals surface area contributed by atoms with Crippen molar-refractivity contribution in [3.05, 3.63) is 115 Å². The number of anilines is 1. The number of aryl methyl sites for hydroxylation is 1. The SMILES string of the molecule is Cc1ccc2nc(N3CCN(Cc4ccccc4)CC3)c(C=C3SC(=S)N(Cc4ccccc4Cl)C3=O)c(=O)n2c1. The van der Waals surface area contributed by atoms with Gasteiger partial charge >= 0.3 is 0 Å². The number of pyridine rings is 1. The van der Waals surface area contributed by atoms with Gasteiger partial charge in [0.25, 0.3) is 11.5 Å². The molecule has 6 rings (SSSR count). The number of fused-ring (bicyclic) bond motifs is 1. The molecule has 0 radical (unpaired) electrons. The van der Waals surface area contributed by atoms with Crippen molar-refractivity contribution in [3.8, 4) is 0 Å². The minimum absolute atomic E-state index is 0.211. The van der Waals surface area contributed by atoms with E-state index in [0.717, 1.165) is 43.9 Å². The summed E-state index contributed by atoms with van der Waals surface area (Å²) in [4.78, 5) is 38.9. The van der Waals surface area contributed by atoms with Crippen LogP contribution >= 0.6 is 35.6 Å². The second kappa shape index (κ2) is 11.8. The number of thioether (sulfide) groups is 1. The van der Waals surface area contributed by atoms with Crippen LogP contribution in [0.25, 0.3) is 11.7 Å². The summed E-state index contributed by atoms with van der Waals surface area (Å²) in [5, 5.41) is 0.576. The summed E-state index contributed by atoms with van der Waals surface area (Å²) in [7, 11) is 0. The van der Waals surface area contributed by atoms with Crippen LogP contribution in [0.3, 0.4) is 0 Å². The molecule has 0 atom stereocenters. The van der Waals surface area contributed by atoms with Crippen LogP contribution in [0.1, 0.15) is 22.3 Å². The van der Waals surface area contributed by atoms with E-state index in [1.165, 1.54) is 22.2 Å². The number of nitrogens with zero attached hydrogens (tertiary/aromatic N) is 5. The second-order valence-corrected chi connectivity index (χ2v) is 12.3. The van der Waals surface area contributed by atoms with Gasteiger partial charge in [0.05, 0.1) is 17.0 Å². The first kappa shape index (κ1) is 27.7. The lowest BCUT2D eigenvalue weighted by atomic mass is 10.1. The number of rotatable bonds is 6. The van der Waals surface area contributed by atoms with Crippen LogP contribution in [0.5, 0.6) is 0 Å². The Morgan fingerprint density at radius 1 is 0.951 bits per heavy atom. The first-order valence-electron chi connectivity index (χ1n) is 13.4. The summed E-state index contributed by atoms with van der Waals surface area (Å²) in [5.41, 5.74) is 3.78. The van der Waals surface area contributed by atoms with Crippen molar-refractivity contribution in [1.29, 1.82) is 0 Å². The molecule has 4 aromatic rings. The molecule has 0 bridgehead atoms. The van der Waals surface area contributed by atoms with Crippen molar-refractivity contribution in [2.24, 2.45) is 0 Å². The number of carbonyl (C=O) groups is 1. The number of amides is 1. The van der Waals surface area contributed by atoms with Crippen LogP contribution in [0.4, 0.5) is 5.82 Å². The quantitative estimate of drug-likeness (QED) is 0.217. The van der Waals surface area contributed by atoms with E-state index in [1.807, 2.05) is 43.3 Å². The molecule has 1 amide bonds. The highest BCUT2D eigenvalue weighted by atomic mass is 35.5. The molecular weight excluding hydrogens is 574 g/mol. The summed E-state index contributed by atoms with van der Waals surface area (Å²) in [6.45, 7) is 6.19. The first-order chi connectivity index (χ1) is 19.9. The Bertz CT molecular complexity index is 1730. The zero-order valence-electron chi connectivity index (χ0n) is 22.5. The van der Waals surface area contributed by atoms with Gasteiger partial charge in [-0.25, -0.2) is 4.98 Å². The van der Waals surface area contributed by atoms with Crippen molar-refractivity contribution in [3.63, 3.8) is 0 Å².